The van der Waals surface area contributed by atoms with Crippen molar-refractivity contribution in [2.75, 3.05) is 11.1 Å². The van der Waals surface area contributed by atoms with Gasteiger partial charge in [-0.1, -0.05) is 35.3 Å². The van der Waals surface area contributed by atoms with E-state index in [9.17, 15) is 4.79 Å². The Morgan fingerprint density at radius 1 is 1.15 bits per heavy atom. The van der Waals surface area contributed by atoms with Crippen LogP contribution in [-0.2, 0) is 0 Å². The Hall–Kier alpha value is -2.83. The molecular weight excluding hydrogens is 387 g/mol. The molecule has 3 rings (SSSR count). The number of amides is 1. The van der Waals surface area contributed by atoms with Crippen molar-refractivity contribution in [3.8, 4) is 5.75 Å². The van der Waals surface area contributed by atoms with Crippen LogP contribution >= 0.6 is 23.2 Å². The van der Waals surface area contributed by atoms with E-state index < -0.39 is 0 Å². The minimum absolute atomic E-state index is 0.254. The van der Waals surface area contributed by atoms with Crippen LogP contribution in [0.2, 0.25) is 10.0 Å². The Morgan fingerprint density at radius 3 is 2.70 bits per heavy atom. The Balaban J connectivity index is 1.74. The number of ether oxygens (including phenoxy) is 1. The van der Waals surface area contributed by atoms with Gasteiger partial charge in [0, 0.05) is 30.3 Å². The van der Waals surface area contributed by atoms with Crippen molar-refractivity contribution in [1.82, 2.24) is 9.97 Å². The molecule has 0 spiro atoms. The van der Waals surface area contributed by atoms with Gasteiger partial charge in [0.15, 0.2) is 11.6 Å². The fraction of sp³-hybridized carbons (Fsp3) is 0.105. The van der Waals surface area contributed by atoms with E-state index in [1.54, 1.807) is 18.2 Å². The molecule has 2 aromatic heterocycles. The molecule has 1 aromatic carbocycles. The second-order valence-corrected chi connectivity index (χ2v) is 6.64. The minimum atomic E-state index is -0.336. The Bertz CT molecular complexity index is 981. The van der Waals surface area contributed by atoms with Crippen molar-refractivity contribution in [1.29, 1.82) is 0 Å². The molecule has 0 aliphatic heterocycles. The zero-order chi connectivity index (χ0) is 19.4. The normalized spacial score (nSPS) is 11.7. The monoisotopic (exact) mass is 402 g/mol. The van der Waals surface area contributed by atoms with Crippen LogP contribution in [0, 0.1) is 0 Å². The van der Waals surface area contributed by atoms with Crippen LogP contribution < -0.4 is 15.8 Å². The topological polar surface area (TPSA) is 90.1 Å². The molecule has 138 valence electrons. The van der Waals surface area contributed by atoms with Gasteiger partial charge in [-0.3, -0.25) is 9.78 Å². The maximum Gasteiger partial charge on any atom is 0.257 e. The van der Waals surface area contributed by atoms with Gasteiger partial charge in [-0.15, -0.1) is 0 Å². The van der Waals surface area contributed by atoms with E-state index in [4.69, 9.17) is 33.7 Å². The maximum absolute atomic E-state index is 12.3. The molecule has 0 aliphatic carbocycles. The number of nitrogens with zero attached hydrogens (tertiary/aromatic N) is 2. The lowest BCUT2D eigenvalue weighted by atomic mass is 10.1. The zero-order valence-electron chi connectivity index (χ0n) is 14.3. The lowest BCUT2D eigenvalue weighted by Gasteiger charge is -2.17. The van der Waals surface area contributed by atoms with Crippen molar-refractivity contribution < 1.29 is 9.53 Å². The molecule has 0 aliphatic rings. The van der Waals surface area contributed by atoms with E-state index in [1.807, 2.05) is 25.1 Å². The van der Waals surface area contributed by atoms with E-state index in [0.29, 0.717) is 27.0 Å². The van der Waals surface area contributed by atoms with Crippen molar-refractivity contribution in [3.63, 3.8) is 0 Å². The number of hydrogen-bond acceptors (Lipinski definition) is 5. The molecule has 0 radical (unpaired) electrons. The highest BCUT2D eigenvalue weighted by molar-refractivity contribution is 6.31. The Morgan fingerprint density at radius 2 is 1.93 bits per heavy atom. The molecular formula is C19H16Cl2N4O2. The van der Waals surface area contributed by atoms with E-state index in [-0.39, 0.29) is 17.8 Å². The molecule has 27 heavy (non-hydrogen) atoms. The number of carbonyl (C=O) groups excluding carboxylic acids is 1. The van der Waals surface area contributed by atoms with Gasteiger partial charge in [0.1, 0.15) is 6.10 Å². The number of halogens is 2. The second-order valence-electron chi connectivity index (χ2n) is 5.77. The summed E-state index contributed by atoms with van der Waals surface area (Å²) in [5.74, 6) is 0.345. The quantitative estimate of drug-likeness (QED) is 0.641. The minimum Gasteiger partial charge on any atom is -0.482 e. The average Bonchev–Trinajstić information content (AvgIpc) is 2.65. The number of benzene rings is 1. The molecule has 8 heteroatoms. The Labute approximate surface area is 166 Å². The van der Waals surface area contributed by atoms with Crippen molar-refractivity contribution in [2.24, 2.45) is 0 Å². The zero-order valence-corrected chi connectivity index (χ0v) is 15.8. The van der Waals surface area contributed by atoms with Crippen LogP contribution in [0.25, 0.3) is 0 Å². The molecule has 3 aromatic rings. The summed E-state index contributed by atoms with van der Waals surface area (Å²) in [7, 11) is 0. The standard InChI is InChI=1S/C19H16Cl2N4O2/c1-11(27-17-7-15(21)10-24-18(17)22)12-3-2-4-16(6-12)25-19(26)13-5-14(20)9-23-8-13/h2-11H,1H3,(H2,22,24)(H,25,26). The number of rotatable bonds is 5. The van der Waals surface area contributed by atoms with Crippen LogP contribution in [-0.4, -0.2) is 15.9 Å². The number of carbonyl (C=O) groups is 1. The van der Waals surface area contributed by atoms with Crippen LogP contribution in [0.15, 0.2) is 55.0 Å². The van der Waals surface area contributed by atoms with E-state index in [1.165, 1.54) is 18.6 Å². The molecule has 1 atom stereocenters. The summed E-state index contributed by atoms with van der Waals surface area (Å²) in [6.07, 6.45) is 4.03. The van der Waals surface area contributed by atoms with Crippen molar-refractivity contribution in [3.05, 3.63) is 76.2 Å². The first-order valence-electron chi connectivity index (χ1n) is 8.02. The van der Waals surface area contributed by atoms with Gasteiger partial charge in [-0.2, -0.15) is 0 Å². The predicted octanol–water partition coefficient (Wildman–Crippen LogP) is 4.76. The van der Waals surface area contributed by atoms with E-state index >= 15 is 0 Å². The molecule has 0 saturated heterocycles. The molecule has 1 unspecified atom stereocenters. The number of nitrogen functional groups attached to an aromatic ring is 1. The smallest absolute Gasteiger partial charge is 0.257 e. The summed E-state index contributed by atoms with van der Waals surface area (Å²) in [5, 5.41) is 3.64. The van der Waals surface area contributed by atoms with Gasteiger partial charge in [0.2, 0.25) is 0 Å². The Kier molecular flexibility index (Phi) is 5.78. The fourth-order valence-electron chi connectivity index (χ4n) is 2.39. The summed E-state index contributed by atoms with van der Waals surface area (Å²) in [5.41, 5.74) is 7.65. The van der Waals surface area contributed by atoms with Crippen LogP contribution in [0.1, 0.15) is 28.9 Å². The van der Waals surface area contributed by atoms with Gasteiger partial charge in [-0.05, 0) is 30.7 Å². The predicted molar refractivity (Wildman–Crippen MR) is 106 cm³/mol. The molecule has 0 saturated carbocycles. The van der Waals surface area contributed by atoms with Gasteiger partial charge >= 0.3 is 0 Å². The highest BCUT2D eigenvalue weighted by Gasteiger charge is 2.13. The maximum atomic E-state index is 12.3. The first kappa shape index (κ1) is 18.9. The van der Waals surface area contributed by atoms with Gasteiger partial charge in [0.25, 0.3) is 5.91 Å². The number of nitrogens with one attached hydrogen (secondary N) is 1. The largest absolute Gasteiger partial charge is 0.482 e. The van der Waals surface area contributed by atoms with Crippen LogP contribution in [0.5, 0.6) is 5.75 Å². The second kappa shape index (κ2) is 8.24. The fourth-order valence-corrected chi connectivity index (χ4v) is 2.71. The van der Waals surface area contributed by atoms with Gasteiger partial charge in [-0.25, -0.2) is 4.98 Å². The number of aromatic nitrogens is 2. The third kappa shape index (κ3) is 4.87. The van der Waals surface area contributed by atoms with Crippen LogP contribution in [0.4, 0.5) is 11.5 Å². The molecule has 0 bridgehead atoms. The van der Waals surface area contributed by atoms with E-state index in [0.717, 1.165) is 5.56 Å². The third-order valence-electron chi connectivity index (χ3n) is 3.73. The molecule has 1 amide bonds. The molecule has 3 N–H and O–H groups in total. The summed E-state index contributed by atoms with van der Waals surface area (Å²) in [6, 6.07) is 10.5. The molecule has 0 fully saturated rings. The highest BCUT2D eigenvalue weighted by Crippen LogP contribution is 2.29. The molecule has 6 nitrogen and oxygen atoms in total. The summed E-state index contributed by atoms with van der Waals surface area (Å²) >= 11 is 11.8. The first-order chi connectivity index (χ1) is 12.9. The summed E-state index contributed by atoms with van der Waals surface area (Å²) in [6.45, 7) is 1.86. The SMILES string of the molecule is CC(Oc1cc(Cl)cnc1N)c1cccc(NC(=O)c2cncc(Cl)c2)c1. The lowest BCUT2D eigenvalue weighted by Crippen LogP contribution is -2.13. The summed E-state index contributed by atoms with van der Waals surface area (Å²) in [4.78, 5) is 20.2. The van der Waals surface area contributed by atoms with Crippen molar-refractivity contribution >= 4 is 40.6 Å². The molecule has 2 heterocycles. The average molecular weight is 403 g/mol. The van der Waals surface area contributed by atoms with Gasteiger partial charge < -0.3 is 15.8 Å². The first-order valence-corrected chi connectivity index (χ1v) is 8.77. The number of pyridine rings is 2. The van der Waals surface area contributed by atoms with Crippen molar-refractivity contribution in [2.45, 2.75) is 13.0 Å². The highest BCUT2D eigenvalue weighted by atomic mass is 35.5. The van der Waals surface area contributed by atoms with Crippen LogP contribution in [0.3, 0.4) is 0 Å². The number of hydrogen-bond donors (Lipinski definition) is 2. The lowest BCUT2D eigenvalue weighted by molar-refractivity contribution is 0.102. The number of anilines is 2. The third-order valence-corrected chi connectivity index (χ3v) is 4.15. The summed E-state index contributed by atoms with van der Waals surface area (Å²) < 4.78 is 5.86. The number of nitrogens with two attached hydrogens (primary N) is 1. The van der Waals surface area contributed by atoms with Gasteiger partial charge in [0.05, 0.1) is 15.6 Å². The van der Waals surface area contributed by atoms with E-state index in [2.05, 4.69) is 15.3 Å².